The minimum absolute atomic E-state index is 0.121. The second-order valence-electron chi connectivity index (χ2n) is 4.68. The van der Waals surface area contributed by atoms with E-state index in [9.17, 15) is 9.59 Å². The van der Waals surface area contributed by atoms with Crippen molar-refractivity contribution < 1.29 is 14.3 Å². The number of rotatable bonds is 6. The van der Waals surface area contributed by atoms with Crippen LogP contribution in [0.15, 0.2) is 51.9 Å². The first kappa shape index (κ1) is 16.3. The molecule has 1 aromatic carbocycles. The van der Waals surface area contributed by atoms with Gasteiger partial charge in [0.25, 0.3) is 5.56 Å². The molecule has 5 nitrogen and oxygen atoms in total. The Hall–Kier alpha value is -2.08. The van der Waals surface area contributed by atoms with Crippen molar-refractivity contribution >= 4 is 21.9 Å². The number of para-hydroxylation sites is 1. The summed E-state index contributed by atoms with van der Waals surface area (Å²) in [5.41, 5.74) is 0.620. The fourth-order valence-electron chi connectivity index (χ4n) is 1.87. The zero-order valence-electron chi connectivity index (χ0n) is 12.1. The number of aromatic nitrogens is 1. The van der Waals surface area contributed by atoms with Gasteiger partial charge >= 0.3 is 5.97 Å². The number of carbonyl (C=O) groups excluding carboxylic acids is 1. The largest absolute Gasteiger partial charge is 0.490 e. The molecule has 0 amide bonds. The quantitative estimate of drug-likeness (QED) is 0.583. The van der Waals surface area contributed by atoms with Gasteiger partial charge in [0, 0.05) is 6.20 Å². The van der Waals surface area contributed by atoms with E-state index in [-0.39, 0.29) is 25.3 Å². The molecule has 116 valence electrons. The molecule has 1 heterocycles. The molecule has 0 N–H and O–H groups in total. The second-order valence-corrected chi connectivity index (χ2v) is 5.53. The summed E-state index contributed by atoms with van der Waals surface area (Å²) < 4.78 is 12.2. The van der Waals surface area contributed by atoms with E-state index < -0.39 is 5.97 Å². The average molecular weight is 366 g/mol. The molecule has 0 saturated carbocycles. The molecule has 0 radical (unpaired) electrons. The van der Waals surface area contributed by atoms with Crippen LogP contribution in [0.2, 0.25) is 0 Å². The number of halogens is 1. The molecule has 0 aliphatic carbocycles. The minimum atomic E-state index is -0.476. The van der Waals surface area contributed by atoms with Crippen molar-refractivity contribution in [3.63, 3.8) is 0 Å². The molecule has 0 atom stereocenters. The highest BCUT2D eigenvalue weighted by Gasteiger charge is 2.08. The fourth-order valence-corrected chi connectivity index (χ4v) is 2.46. The van der Waals surface area contributed by atoms with Crippen molar-refractivity contribution in [3.8, 4) is 5.75 Å². The van der Waals surface area contributed by atoms with E-state index in [2.05, 4.69) is 15.9 Å². The highest BCUT2D eigenvalue weighted by atomic mass is 79.9. The summed E-state index contributed by atoms with van der Waals surface area (Å²) in [5.74, 6) is 0.244. The Morgan fingerprint density at radius 1 is 1.23 bits per heavy atom. The van der Waals surface area contributed by atoms with Gasteiger partial charge in [0.05, 0.1) is 4.47 Å². The van der Waals surface area contributed by atoms with Crippen LogP contribution in [0.5, 0.6) is 5.75 Å². The molecular weight excluding hydrogens is 350 g/mol. The first-order valence-electron chi connectivity index (χ1n) is 6.76. The minimum Gasteiger partial charge on any atom is -0.490 e. The SMILES string of the molecule is Cc1cc(Br)c(=O)n(CC(=O)OCCOc2ccccc2)c1. The van der Waals surface area contributed by atoms with Crippen molar-refractivity contribution in [1.82, 2.24) is 4.57 Å². The van der Waals surface area contributed by atoms with Crippen LogP contribution in [0.4, 0.5) is 0 Å². The molecule has 22 heavy (non-hydrogen) atoms. The maximum Gasteiger partial charge on any atom is 0.326 e. The standard InChI is InChI=1S/C16H16BrNO4/c1-12-9-14(17)16(20)18(10-12)11-15(19)22-8-7-21-13-5-3-2-4-6-13/h2-6,9-10H,7-8,11H2,1H3. The topological polar surface area (TPSA) is 57.5 Å². The van der Waals surface area contributed by atoms with Gasteiger partial charge in [-0.1, -0.05) is 18.2 Å². The van der Waals surface area contributed by atoms with E-state index in [1.54, 1.807) is 12.3 Å². The number of hydrogen-bond acceptors (Lipinski definition) is 4. The Balaban J connectivity index is 1.80. The van der Waals surface area contributed by atoms with E-state index in [0.717, 1.165) is 11.3 Å². The Labute approximate surface area is 136 Å². The monoisotopic (exact) mass is 365 g/mol. The molecular formula is C16H16BrNO4. The number of aryl methyl sites for hydroxylation is 1. The third-order valence-corrected chi connectivity index (χ3v) is 3.40. The molecule has 2 rings (SSSR count). The van der Waals surface area contributed by atoms with Crippen molar-refractivity contribution in [2.75, 3.05) is 13.2 Å². The van der Waals surface area contributed by atoms with Crippen LogP contribution >= 0.6 is 15.9 Å². The summed E-state index contributed by atoms with van der Waals surface area (Å²) in [6.45, 7) is 2.13. The number of carbonyl (C=O) groups is 1. The Morgan fingerprint density at radius 2 is 1.95 bits per heavy atom. The first-order valence-corrected chi connectivity index (χ1v) is 7.55. The number of pyridine rings is 1. The summed E-state index contributed by atoms with van der Waals surface area (Å²) in [5, 5.41) is 0. The first-order chi connectivity index (χ1) is 10.6. The zero-order chi connectivity index (χ0) is 15.9. The third kappa shape index (κ3) is 4.73. The zero-order valence-corrected chi connectivity index (χ0v) is 13.7. The summed E-state index contributed by atoms with van der Waals surface area (Å²) in [4.78, 5) is 23.6. The maximum absolute atomic E-state index is 11.9. The lowest BCUT2D eigenvalue weighted by molar-refractivity contribution is -0.145. The van der Waals surface area contributed by atoms with Gasteiger partial charge in [-0.05, 0) is 46.6 Å². The van der Waals surface area contributed by atoms with Crippen LogP contribution < -0.4 is 10.3 Å². The fraction of sp³-hybridized carbons (Fsp3) is 0.250. The molecule has 0 bridgehead atoms. The number of esters is 1. The lowest BCUT2D eigenvalue weighted by atomic mass is 10.3. The normalized spacial score (nSPS) is 10.3. The van der Waals surface area contributed by atoms with Crippen molar-refractivity contribution in [2.24, 2.45) is 0 Å². The predicted octanol–water partition coefficient (Wildman–Crippen LogP) is 2.54. The highest BCUT2D eigenvalue weighted by molar-refractivity contribution is 9.10. The van der Waals surface area contributed by atoms with Gasteiger partial charge in [-0.15, -0.1) is 0 Å². The summed E-state index contributed by atoms with van der Waals surface area (Å²) >= 11 is 3.17. The van der Waals surface area contributed by atoms with Crippen molar-refractivity contribution in [1.29, 1.82) is 0 Å². The third-order valence-electron chi connectivity index (χ3n) is 2.84. The van der Waals surface area contributed by atoms with Crippen LogP contribution in [0.3, 0.4) is 0 Å². The summed E-state index contributed by atoms with van der Waals surface area (Å²) in [7, 11) is 0. The van der Waals surface area contributed by atoms with Gasteiger partial charge in [-0.3, -0.25) is 9.59 Å². The number of benzene rings is 1. The van der Waals surface area contributed by atoms with Gasteiger partial charge in [-0.2, -0.15) is 0 Å². The lowest BCUT2D eigenvalue weighted by Crippen LogP contribution is -2.26. The molecule has 1 aromatic heterocycles. The van der Waals surface area contributed by atoms with Gasteiger partial charge in [0.15, 0.2) is 0 Å². The molecule has 0 unspecified atom stereocenters. The molecule has 0 aliphatic rings. The molecule has 0 fully saturated rings. The van der Waals surface area contributed by atoms with Crippen LogP contribution in [0.25, 0.3) is 0 Å². The number of nitrogens with zero attached hydrogens (tertiary/aromatic N) is 1. The van der Waals surface area contributed by atoms with Gasteiger partial charge in [-0.25, -0.2) is 0 Å². The van der Waals surface area contributed by atoms with E-state index in [4.69, 9.17) is 9.47 Å². The summed E-state index contributed by atoms with van der Waals surface area (Å²) in [6, 6.07) is 11.0. The molecule has 0 saturated heterocycles. The second kappa shape index (κ2) is 7.79. The van der Waals surface area contributed by atoms with E-state index in [1.807, 2.05) is 37.3 Å². The maximum atomic E-state index is 11.9. The van der Waals surface area contributed by atoms with E-state index in [1.165, 1.54) is 4.57 Å². The molecule has 2 aromatic rings. The van der Waals surface area contributed by atoms with Crippen LogP contribution in [0, 0.1) is 6.92 Å². The van der Waals surface area contributed by atoms with Gasteiger partial charge in [0.1, 0.15) is 25.5 Å². The Morgan fingerprint density at radius 3 is 2.68 bits per heavy atom. The smallest absolute Gasteiger partial charge is 0.326 e. The van der Waals surface area contributed by atoms with Crippen LogP contribution in [-0.2, 0) is 16.1 Å². The van der Waals surface area contributed by atoms with Crippen LogP contribution in [-0.4, -0.2) is 23.8 Å². The van der Waals surface area contributed by atoms with Gasteiger partial charge < -0.3 is 14.0 Å². The number of hydrogen-bond donors (Lipinski definition) is 0. The Bertz CT molecular complexity index is 697. The summed E-state index contributed by atoms with van der Waals surface area (Å²) in [6.07, 6.45) is 1.62. The number of ether oxygens (including phenoxy) is 2. The van der Waals surface area contributed by atoms with Gasteiger partial charge in [0.2, 0.25) is 0 Å². The van der Waals surface area contributed by atoms with E-state index in [0.29, 0.717) is 4.47 Å². The van der Waals surface area contributed by atoms with Crippen molar-refractivity contribution in [3.05, 3.63) is 63.0 Å². The Kier molecular flexibility index (Phi) is 5.77. The van der Waals surface area contributed by atoms with E-state index >= 15 is 0 Å². The lowest BCUT2D eigenvalue weighted by Gasteiger charge is -2.09. The molecule has 0 spiro atoms. The molecule has 6 heteroatoms. The average Bonchev–Trinajstić information content (AvgIpc) is 2.50. The predicted molar refractivity (Wildman–Crippen MR) is 86.0 cm³/mol. The van der Waals surface area contributed by atoms with Crippen LogP contribution in [0.1, 0.15) is 5.56 Å². The molecule has 0 aliphatic heterocycles. The van der Waals surface area contributed by atoms with Crippen molar-refractivity contribution in [2.45, 2.75) is 13.5 Å². The highest BCUT2D eigenvalue weighted by Crippen LogP contribution is 2.08.